The molecule has 0 aliphatic rings. The number of hydroxylamine groups is 1. The molecule has 0 unspecified atom stereocenters. The van der Waals surface area contributed by atoms with Crippen molar-refractivity contribution in [2.45, 2.75) is 25.2 Å². The number of hydrogen-bond acceptors (Lipinski definition) is 8. The van der Waals surface area contributed by atoms with E-state index in [4.69, 9.17) is 19.5 Å². The van der Waals surface area contributed by atoms with Crippen LogP contribution in [0.2, 0.25) is 0 Å². The normalized spacial score (nSPS) is 11.3. The molecule has 0 aliphatic carbocycles. The number of nitrogens with one attached hydrogen (secondary N) is 1. The predicted molar refractivity (Wildman–Crippen MR) is 118 cm³/mol. The molecule has 0 amide bonds. The predicted octanol–water partition coefficient (Wildman–Crippen LogP) is 3.34. The number of pyridine rings is 1. The summed E-state index contributed by atoms with van der Waals surface area (Å²) in [6.07, 6.45) is 2.21. The summed E-state index contributed by atoms with van der Waals surface area (Å²) >= 11 is 0. The van der Waals surface area contributed by atoms with Crippen LogP contribution < -0.4 is 20.1 Å². The van der Waals surface area contributed by atoms with Gasteiger partial charge >= 0.3 is 10.1 Å². The highest BCUT2D eigenvalue weighted by atomic mass is 32.2. The Hall–Kier alpha value is -3.30. The second-order valence-electron chi connectivity index (χ2n) is 7.04. The van der Waals surface area contributed by atoms with Gasteiger partial charge in [0.1, 0.15) is 22.2 Å². The van der Waals surface area contributed by atoms with E-state index in [9.17, 15) is 8.42 Å². The van der Waals surface area contributed by atoms with E-state index in [0.717, 1.165) is 16.5 Å². The minimum Gasteiger partial charge on any atom is -0.493 e. The van der Waals surface area contributed by atoms with E-state index in [1.54, 1.807) is 24.4 Å². The van der Waals surface area contributed by atoms with Gasteiger partial charge in [-0.2, -0.15) is 8.42 Å². The molecule has 31 heavy (non-hydrogen) atoms. The van der Waals surface area contributed by atoms with Gasteiger partial charge in [-0.25, -0.2) is 0 Å². The summed E-state index contributed by atoms with van der Waals surface area (Å²) in [4.78, 5) is 9.37. The SMILES string of the molecule is C=C(N)NOCCCOc1cc(C)cc(OS(=O)(=O)c2cccc3cc(C)cnc23)c1. The fraction of sp³-hybridized carbons (Fsp3) is 0.227. The Morgan fingerprint density at radius 1 is 1.10 bits per heavy atom. The van der Waals surface area contributed by atoms with Crippen molar-refractivity contribution in [3.63, 3.8) is 0 Å². The van der Waals surface area contributed by atoms with Crippen LogP contribution in [0.15, 0.2) is 66.0 Å². The van der Waals surface area contributed by atoms with Crippen LogP contribution in [0.3, 0.4) is 0 Å². The number of aryl methyl sites for hydroxylation is 2. The molecular formula is C22H25N3O5S. The monoisotopic (exact) mass is 443 g/mol. The fourth-order valence-electron chi connectivity index (χ4n) is 2.93. The first-order valence-corrected chi connectivity index (χ1v) is 11.0. The molecular weight excluding hydrogens is 418 g/mol. The van der Waals surface area contributed by atoms with Gasteiger partial charge in [-0.3, -0.25) is 15.3 Å². The summed E-state index contributed by atoms with van der Waals surface area (Å²) in [7, 11) is -4.09. The lowest BCUT2D eigenvalue weighted by atomic mass is 10.2. The Balaban J connectivity index is 1.73. The van der Waals surface area contributed by atoms with Gasteiger partial charge in [0.05, 0.1) is 18.7 Å². The second-order valence-corrected chi connectivity index (χ2v) is 8.55. The number of rotatable bonds is 10. The Kier molecular flexibility index (Phi) is 6.98. The molecule has 164 valence electrons. The van der Waals surface area contributed by atoms with E-state index in [2.05, 4.69) is 17.0 Å². The summed E-state index contributed by atoms with van der Waals surface area (Å²) in [5, 5.41) is 0.729. The quantitative estimate of drug-likeness (QED) is 0.279. The Bertz CT molecular complexity index is 1190. The van der Waals surface area contributed by atoms with Crippen LogP contribution in [0.4, 0.5) is 0 Å². The molecule has 0 spiro atoms. The van der Waals surface area contributed by atoms with Gasteiger partial charge in [-0.05, 0) is 49.2 Å². The van der Waals surface area contributed by atoms with E-state index < -0.39 is 10.1 Å². The van der Waals surface area contributed by atoms with Crippen LogP contribution in [-0.2, 0) is 15.0 Å². The number of para-hydroxylation sites is 1. The van der Waals surface area contributed by atoms with Crippen LogP contribution in [0.5, 0.6) is 11.5 Å². The maximum absolute atomic E-state index is 13.0. The lowest BCUT2D eigenvalue weighted by Crippen LogP contribution is -2.20. The summed E-state index contributed by atoms with van der Waals surface area (Å²) < 4.78 is 37.0. The number of benzene rings is 2. The average Bonchev–Trinajstić information content (AvgIpc) is 2.69. The first kappa shape index (κ1) is 22.4. The van der Waals surface area contributed by atoms with Crippen molar-refractivity contribution in [2.75, 3.05) is 13.2 Å². The van der Waals surface area contributed by atoms with Crippen LogP contribution in [0, 0.1) is 13.8 Å². The van der Waals surface area contributed by atoms with Gasteiger partial charge in [-0.1, -0.05) is 18.7 Å². The molecule has 3 rings (SSSR count). The van der Waals surface area contributed by atoms with E-state index in [-0.39, 0.29) is 16.5 Å². The molecule has 3 N–H and O–H groups in total. The molecule has 9 heteroatoms. The molecule has 0 bridgehead atoms. The average molecular weight is 444 g/mol. The zero-order valence-electron chi connectivity index (χ0n) is 17.4. The molecule has 0 aliphatic heterocycles. The third kappa shape index (κ3) is 6.09. The first-order chi connectivity index (χ1) is 14.7. The maximum atomic E-state index is 13.0. The zero-order valence-corrected chi connectivity index (χ0v) is 18.2. The number of hydrogen-bond donors (Lipinski definition) is 2. The van der Waals surface area contributed by atoms with Gasteiger partial charge in [0.25, 0.3) is 0 Å². The van der Waals surface area contributed by atoms with E-state index in [1.165, 1.54) is 12.1 Å². The Morgan fingerprint density at radius 3 is 2.65 bits per heavy atom. The van der Waals surface area contributed by atoms with Crippen molar-refractivity contribution in [1.29, 1.82) is 0 Å². The van der Waals surface area contributed by atoms with Gasteiger partial charge in [-0.15, -0.1) is 0 Å². The molecule has 8 nitrogen and oxygen atoms in total. The smallest absolute Gasteiger partial charge is 0.341 e. The van der Waals surface area contributed by atoms with Crippen LogP contribution in [-0.4, -0.2) is 26.6 Å². The molecule has 0 saturated heterocycles. The number of aromatic nitrogens is 1. The van der Waals surface area contributed by atoms with Crippen molar-refractivity contribution >= 4 is 21.0 Å². The number of fused-ring (bicyclic) bond motifs is 1. The molecule has 2 aromatic carbocycles. The molecule has 0 fully saturated rings. The highest BCUT2D eigenvalue weighted by Crippen LogP contribution is 2.28. The minimum absolute atomic E-state index is 0.0140. The first-order valence-electron chi connectivity index (χ1n) is 9.61. The fourth-order valence-corrected chi connectivity index (χ4v) is 4.02. The highest BCUT2D eigenvalue weighted by molar-refractivity contribution is 7.87. The van der Waals surface area contributed by atoms with Crippen molar-refractivity contribution in [3.8, 4) is 11.5 Å². The van der Waals surface area contributed by atoms with E-state index >= 15 is 0 Å². The summed E-state index contributed by atoms with van der Waals surface area (Å²) in [5.41, 5.74) is 9.89. The highest BCUT2D eigenvalue weighted by Gasteiger charge is 2.21. The van der Waals surface area contributed by atoms with E-state index in [1.807, 2.05) is 26.0 Å². The number of nitrogens with two attached hydrogens (primary N) is 1. The topological polar surface area (TPSA) is 113 Å². The lowest BCUT2D eigenvalue weighted by Gasteiger charge is -2.12. The van der Waals surface area contributed by atoms with Crippen LogP contribution in [0.25, 0.3) is 10.9 Å². The maximum Gasteiger partial charge on any atom is 0.341 e. The second kappa shape index (κ2) is 9.67. The Morgan fingerprint density at radius 2 is 1.87 bits per heavy atom. The molecule has 0 atom stereocenters. The van der Waals surface area contributed by atoms with Gasteiger partial charge in [0.15, 0.2) is 0 Å². The zero-order chi connectivity index (χ0) is 22.4. The third-order valence-electron chi connectivity index (χ3n) is 4.17. The van der Waals surface area contributed by atoms with Gasteiger partial charge < -0.3 is 14.7 Å². The molecule has 3 aromatic rings. The van der Waals surface area contributed by atoms with Crippen LogP contribution in [0.1, 0.15) is 17.5 Å². The Labute approximate surface area is 181 Å². The molecule has 1 heterocycles. The van der Waals surface area contributed by atoms with Crippen molar-refractivity contribution in [2.24, 2.45) is 5.73 Å². The lowest BCUT2D eigenvalue weighted by molar-refractivity contribution is 0.0535. The van der Waals surface area contributed by atoms with Crippen molar-refractivity contribution < 1.29 is 22.2 Å². The number of nitrogens with zero attached hydrogens (tertiary/aromatic N) is 1. The standard InChI is InChI=1S/C22H25N3O5S/c1-15-11-19(28-8-5-9-29-25-17(3)23)13-20(12-15)30-31(26,27)21-7-4-6-18-10-16(2)14-24-22(18)21/h4,6-7,10-14,25H,3,5,8-9,23H2,1-2H3. The number of ether oxygens (including phenoxy) is 1. The van der Waals surface area contributed by atoms with Crippen molar-refractivity contribution in [1.82, 2.24) is 10.5 Å². The van der Waals surface area contributed by atoms with Crippen molar-refractivity contribution in [3.05, 3.63) is 72.2 Å². The largest absolute Gasteiger partial charge is 0.493 e. The van der Waals surface area contributed by atoms with Gasteiger partial charge in [0.2, 0.25) is 0 Å². The molecule has 1 aromatic heterocycles. The third-order valence-corrected chi connectivity index (χ3v) is 5.45. The summed E-state index contributed by atoms with van der Waals surface area (Å²) in [6.45, 7) is 7.91. The molecule has 0 radical (unpaired) electrons. The summed E-state index contributed by atoms with van der Waals surface area (Å²) in [6, 6.07) is 11.8. The van der Waals surface area contributed by atoms with E-state index in [0.29, 0.717) is 30.9 Å². The molecule has 0 saturated carbocycles. The van der Waals surface area contributed by atoms with Gasteiger partial charge in [0, 0.05) is 24.1 Å². The summed E-state index contributed by atoms with van der Waals surface area (Å²) in [5.74, 6) is 0.878. The van der Waals surface area contributed by atoms with Crippen LogP contribution >= 0.6 is 0 Å². The minimum atomic E-state index is -4.09.